The average Bonchev–Trinajstić information content (AvgIpc) is 3.43. The van der Waals surface area contributed by atoms with Crippen molar-refractivity contribution in [3.63, 3.8) is 0 Å². The highest BCUT2D eigenvalue weighted by molar-refractivity contribution is 8.00. The molecular weight excluding hydrogens is 552 g/mol. The van der Waals surface area contributed by atoms with Crippen LogP contribution in [0.5, 0.6) is 0 Å². The summed E-state index contributed by atoms with van der Waals surface area (Å²) in [5.74, 6) is -1.44. The van der Waals surface area contributed by atoms with Gasteiger partial charge in [-0.1, -0.05) is 91.0 Å². The number of nitrogens with one attached hydrogen (secondary N) is 1. The van der Waals surface area contributed by atoms with Gasteiger partial charge in [0.2, 0.25) is 5.91 Å². The number of thioether (sulfide) groups is 1. The van der Waals surface area contributed by atoms with Crippen LogP contribution in [0.4, 0.5) is 0 Å². The van der Waals surface area contributed by atoms with Crippen LogP contribution in [-0.2, 0) is 35.1 Å². The van der Waals surface area contributed by atoms with Gasteiger partial charge in [0.15, 0.2) is 6.10 Å². The number of carbonyl (C=O) groups is 4. The lowest BCUT2D eigenvalue weighted by atomic mass is 9.99. The van der Waals surface area contributed by atoms with Gasteiger partial charge >= 0.3 is 11.9 Å². The summed E-state index contributed by atoms with van der Waals surface area (Å²) < 4.78 is 11.2. The number of ether oxygens (including phenoxy) is 2. The van der Waals surface area contributed by atoms with E-state index in [-0.39, 0.29) is 24.6 Å². The van der Waals surface area contributed by atoms with Crippen LogP contribution in [0.15, 0.2) is 114 Å². The predicted octanol–water partition coefficient (Wildman–Crippen LogP) is 4.09. The molecular formula is C33H28N2O6S. The molecule has 0 spiro atoms. The maximum Gasteiger partial charge on any atom is 0.356 e. The second-order valence-corrected chi connectivity index (χ2v) is 11.3. The topological polar surface area (TPSA) is 102 Å². The Kier molecular flexibility index (Phi) is 7.92. The Balaban J connectivity index is 1.30. The number of nitrogens with zero attached hydrogens (tertiary/aromatic N) is 1. The highest BCUT2D eigenvalue weighted by atomic mass is 32.2. The summed E-state index contributed by atoms with van der Waals surface area (Å²) in [6.07, 6.45) is 1.48. The van der Waals surface area contributed by atoms with Crippen LogP contribution in [-0.4, -0.2) is 52.4 Å². The third-order valence-corrected chi connectivity index (χ3v) is 8.66. The number of rotatable bonds is 8. The molecule has 1 N–H and O–H groups in total. The van der Waals surface area contributed by atoms with Crippen LogP contribution in [0.3, 0.4) is 0 Å². The Morgan fingerprint density at radius 2 is 1.57 bits per heavy atom. The summed E-state index contributed by atoms with van der Waals surface area (Å²) in [6, 6.07) is 27.3. The van der Waals surface area contributed by atoms with Crippen LogP contribution in [0, 0.1) is 0 Å². The van der Waals surface area contributed by atoms with Crippen LogP contribution >= 0.6 is 11.8 Å². The number of hydrogen-bond donors (Lipinski definition) is 1. The van der Waals surface area contributed by atoms with Gasteiger partial charge in [-0.2, -0.15) is 0 Å². The molecule has 0 unspecified atom stereocenters. The van der Waals surface area contributed by atoms with Crippen molar-refractivity contribution in [2.45, 2.75) is 30.4 Å². The average molecular weight is 581 g/mol. The summed E-state index contributed by atoms with van der Waals surface area (Å²) in [5, 5.41) is 2.36. The largest absolute Gasteiger partial charge is 0.462 e. The van der Waals surface area contributed by atoms with Gasteiger partial charge in [-0.05, 0) is 28.3 Å². The zero-order chi connectivity index (χ0) is 29.1. The Hall–Kier alpha value is -4.63. The molecule has 0 aliphatic carbocycles. The summed E-state index contributed by atoms with van der Waals surface area (Å²) >= 11 is 1.43. The van der Waals surface area contributed by atoms with E-state index in [2.05, 4.69) is 5.32 Å². The Morgan fingerprint density at radius 1 is 0.952 bits per heavy atom. The Bertz CT molecular complexity index is 1530. The minimum Gasteiger partial charge on any atom is -0.462 e. The van der Waals surface area contributed by atoms with Gasteiger partial charge in [-0.3, -0.25) is 14.5 Å². The SMILES string of the molecule is O=C(Cc1ccccc1)N[C@@H]1C(=O)N2C(C(=O)OC(c3ccccc3)c3ccccc3)=C(/C=C3\CCOC3=O)CS[C@H]12. The fraction of sp³-hybridized carbons (Fsp3) is 0.212. The van der Waals surface area contributed by atoms with Crippen molar-refractivity contribution in [2.24, 2.45) is 0 Å². The zero-order valence-electron chi connectivity index (χ0n) is 22.6. The molecule has 2 fully saturated rings. The Labute approximate surface area is 247 Å². The van der Waals surface area contributed by atoms with Gasteiger partial charge in [0, 0.05) is 17.7 Å². The number of amides is 2. The summed E-state index contributed by atoms with van der Waals surface area (Å²) in [7, 11) is 0. The van der Waals surface area contributed by atoms with Gasteiger partial charge in [0.25, 0.3) is 5.91 Å². The number of fused-ring (bicyclic) bond motifs is 1. The minimum atomic E-state index is -0.779. The summed E-state index contributed by atoms with van der Waals surface area (Å²) in [6.45, 7) is 0.274. The van der Waals surface area contributed by atoms with E-state index in [1.807, 2.05) is 91.0 Å². The maximum absolute atomic E-state index is 14.0. The fourth-order valence-corrected chi connectivity index (χ4v) is 6.59. The summed E-state index contributed by atoms with van der Waals surface area (Å²) in [5.41, 5.74) is 3.43. The molecule has 3 heterocycles. The Morgan fingerprint density at radius 3 is 2.17 bits per heavy atom. The standard InChI is InChI=1S/C33H28N2O6S/c36-26(18-21-10-4-1-5-11-21)34-27-30(37)35-28(25(20-42-31(27)35)19-24-16-17-40-32(24)38)33(39)41-29(22-12-6-2-7-13-22)23-14-8-3-9-15-23/h1-15,19,27,29,31H,16-18,20H2,(H,34,36)/b24-19+/t27-,31-/m1/s1. The molecule has 3 aliphatic rings. The number of carbonyl (C=O) groups excluding carboxylic acids is 4. The van der Waals surface area contributed by atoms with Crippen LogP contribution in [0.25, 0.3) is 0 Å². The summed E-state index contributed by atoms with van der Waals surface area (Å²) in [4.78, 5) is 54.0. The monoisotopic (exact) mass is 580 g/mol. The van der Waals surface area contributed by atoms with Crippen molar-refractivity contribution < 1.29 is 28.7 Å². The van der Waals surface area contributed by atoms with Crippen molar-refractivity contribution in [1.29, 1.82) is 0 Å². The number of hydrogen-bond acceptors (Lipinski definition) is 7. The van der Waals surface area contributed by atoms with E-state index in [1.165, 1.54) is 16.7 Å². The first-order valence-electron chi connectivity index (χ1n) is 13.7. The molecule has 42 heavy (non-hydrogen) atoms. The second kappa shape index (κ2) is 12.1. The van der Waals surface area contributed by atoms with Crippen molar-refractivity contribution in [2.75, 3.05) is 12.4 Å². The van der Waals surface area contributed by atoms with Gasteiger partial charge in [-0.15, -0.1) is 11.8 Å². The molecule has 2 amide bonds. The van der Waals surface area contributed by atoms with E-state index in [4.69, 9.17) is 9.47 Å². The second-order valence-electron chi connectivity index (χ2n) is 10.2. The first-order chi connectivity index (χ1) is 20.5. The molecule has 6 rings (SSSR count). The number of esters is 2. The van der Waals surface area contributed by atoms with E-state index >= 15 is 0 Å². The fourth-order valence-electron chi connectivity index (χ4n) is 5.29. The van der Waals surface area contributed by atoms with E-state index in [9.17, 15) is 19.2 Å². The van der Waals surface area contributed by atoms with Crippen LogP contribution in [0.2, 0.25) is 0 Å². The molecule has 9 heteroatoms. The van der Waals surface area contributed by atoms with Crippen molar-refractivity contribution in [3.8, 4) is 0 Å². The third-order valence-electron chi connectivity index (χ3n) is 7.36. The van der Waals surface area contributed by atoms with Crippen molar-refractivity contribution >= 4 is 35.5 Å². The lowest BCUT2D eigenvalue weighted by molar-refractivity contribution is -0.154. The minimum absolute atomic E-state index is 0.0846. The molecule has 2 atom stereocenters. The van der Waals surface area contributed by atoms with E-state index in [0.29, 0.717) is 23.3 Å². The first-order valence-corrected chi connectivity index (χ1v) is 14.7. The number of cyclic esters (lactones) is 1. The van der Waals surface area contributed by atoms with E-state index in [0.717, 1.165) is 16.7 Å². The quantitative estimate of drug-likeness (QED) is 0.243. The van der Waals surface area contributed by atoms with Gasteiger partial charge in [-0.25, -0.2) is 9.59 Å². The number of allylic oxidation sites excluding steroid dienone is 1. The molecule has 0 bridgehead atoms. The highest BCUT2D eigenvalue weighted by Crippen LogP contribution is 2.42. The zero-order valence-corrected chi connectivity index (χ0v) is 23.4. The molecule has 2 saturated heterocycles. The third kappa shape index (κ3) is 5.60. The van der Waals surface area contributed by atoms with Crippen LogP contribution < -0.4 is 5.32 Å². The molecule has 3 aromatic rings. The van der Waals surface area contributed by atoms with E-state index in [1.54, 1.807) is 6.08 Å². The molecule has 0 aromatic heterocycles. The molecule has 0 saturated carbocycles. The lowest BCUT2D eigenvalue weighted by Crippen LogP contribution is -2.70. The normalized spacial score (nSPS) is 20.7. The van der Waals surface area contributed by atoms with Crippen LogP contribution in [0.1, 0.15) is 29.2 Å². The highest BCUT2D eigenvalue weighted by Gasteiger charge is 2.54. The molecule has 8 nitrogen and oxygen atoms in total. The van der Waals surface area contributed by atoms with Gasteiger partial charge in [0.05, 0.1) is 13.0 Å². The number of benzene rings is 3. The lowest BCUT2D eigenvalue weighted by Gasteiger charge is -2.49. The van der Waals surface area contributed by atoms with Gasteiger partial charge < -0.3 is 14.8 Å². The molecule has 3 aliphatic heterocycles. The molecule has 0 radical (unpaired) electrons. The molecule has 212 valence electrons. The van der Waals surface area contributed by atoms with Gasteiger partial charge in [0.1, 0.15) is 17.1 Å². The van der Waals surface area contributed by atoms with Crippen molar-refractivity contribution in [3.05, 3.63) is 131 Å². The predicted molar refractivity (Wildman–Crippen MR) is 157 cm³/mol. The van der Waals surface area contributed by atoms with Crippen molar-refractivity contribution in [1.82, 2.24) is 10.2 Å². The van der Waals surface area contributed by atoms with E-state index < -0.39 is 35.4 Å². The maximum atomic E-state index is 14.0. The first kappa shape index (κ1) is 27.5. The molecule has 3 aromatic carbocycles. The smallest absolute Gasteiger partial charge is 0.356 e. The number of β-lactam (4-membered cyclic amide) rings is 1.